The molecule has 0 fully saturated rings. The summed E-state index contributed by atoms with van der Waals surface area (Å²) in [6, 6.07) is 15.2. The molecule has 3 rings (SSSR count). The van der Waals surface area contributed by atoms with Gasteiger partial charge in [0.1, 0.15) is 0 Å². The third-order valence-electron chi connectivity index (χ3n) is 3.82. The Hall–Kier alpha value is -2.51. The zero-order valence-electron chi connectivity index (χ0n) is 11.6. The van der Waals surface area contributed by atoms with E-state index in [1.165, 1.54) is 0 Å². The fraction of sp³-hybridized carbons (Fsp3) is 0.176. The Labute approximate surface area is 133 Å². The first-order valence-electron chi connectivity index (χ1n) is 6.87. The Balaban J connectivity index is 2.10. The van der Waals surface area contributed by atoms with E-state index in [4.69, 9.17) is 21.6 Å². The summed E-state index contributed by atoms with van der Waals surface area (Å²) < 4.78 is 5.09. The molecule has 0 bridgehead atoms. The molecule has 0 amide bonds. The molecule has 0 spiro atoms. The number of rotatable bonds is 3. The first kappa shape index (κ1) is 14.4. The normalized spacial score (nSPS) is 19.5. The third kappa shape index (κ3) is 2.63. The number of fused-ring (bicyclic) bond motifs is 1. The molecule has 2 aromatic rings. The lowest BCUT2D eigenvalue weighted by atomic mass is 9.83. The number of ether oxygens (including phenoxy) is 1. The van der Waals surface area contributed by atoms with Crippen LogP contribution in [0.2, 0.25) is 5.02 Å². The Morgan fingerprint density at radius 3 is 2.82 bits per heavy atom. The van der Waals surface area contributed by atoms with Gasteiger partial charge in [-0.3, -0.25) is 4.79 Å². The lowest BCUT2D eigenvalue weighted by Gasteiger charge is -2.32. The lowest BCUT2D eigenvalue weighted by molar-refractivity contribution is -0.132. The van der Waals surface area contributed by atoms with Crippen LogP contribution in [0.4, 0.5) is 5.69 Å². The monoisotopic (exact) mass is 312 g/mol. The molecule has 0 aromatic heterocycles. The number of halogens is 1. The van der Waals surface area contributed by atoms with E-state index in [2.05, 4.69) is 11.4 Å². The van der Waals surface area contributed by atoms with E-state index in [9.17, 15) is 4.79 Å². The van der Waals surface area contributed by atoms with Crippen molar-refractivity contribution in [2.75, 3.05) is 5.32 Å². The van der Waals surface area contributed by atoms with Crippen molar-refractivity contribution in [1.29, 1.82) is 5.26 Å². The van der Waals surface area contributed by atoms with Crippen LogP contribution >= 0.6 is 11.6 Å². The highest BCUT2D eigenvalue weighted by Gasteiger charge is 2.30. The molecule has 2 atom stereocenters. The summed E-state index contributed by atoms with van der Waals surface area (Å²) in [5.74, 6) is -0.0387. The van der Waals surface area contributed by atoms with Crippen LogP contribution in [0.5, 0.6) is 0 Å². The van der Waals surface area contributed by atoms with E-state index in [0.717, 1.165) is 16.8 Å². The Morgan fingerprint density at radius 2 is 2.09 bits per heavy atom. The smallest absolute Gasteiger partial charge is 0.294 e. The van der Waals surface area contributed by atoms with E-state index < -0.39 is 6.23 Å². The number of carbonyl (C=O) groups excluding carboxylic acids is 1. The van der Waals surface area contributed by atoms with Crippen molar-refractivity contribution < 1.29 is 9.53 Å². The van der Waals surface area contributed by atoms with E-state index >= 15 is 0 Å². The summed E-state index contributed by atoms with van der Waals surface area (Å²) in [6.07, 6.45) is 0.142. The predicted molar refractivity (Wildman–Crippen MR) is 83.6 cm³/mol. The molecule has 22 heavy (non-hydrogen) atoms. The molecule has 2 unspecified atom stereocenters. The maximum Gasteiger partial charge on any atom is 0.294 e. The van der Waals surface area contributed by atoms with Crippen molar-refractivity contribution in [3.8, 4) is 6.07 Å². The largest absolute Gasteiger partial charge is 0.444 e. The highest BCUT2D eigenvalue weighted by Crippen LogP contribution is 2.41. The molecular weight excluding hydrogens is 300 g/mol. The van der Waals surface area contributed by atoms with Gasteiger partial charge >= 0.3 is 0 Å². The highest BCUT2D eigenvalue weighted by molar-refractivity contribution is 6.31. The summed E-state index contributed by atoms with van der Waals surface area (Å²) in [5, 5.41) is 12.9. The maximum atomic E-state index is 10.7. The Bertz CT molecular complexity index is 755. The summed E-state index contributed by atoms with van der Waals surface area (Å²) in [6.45, 7) is 0.440. The molecule has 2 aromatic carbocycles. The first-order valence-corrected chi connectivity index (χ1v) is 7.25. The van der Waals surface area contributed by atoms with E-state index in [0.29, 0.717) is 23.5 Å². The minimum Gasteiger partial charge on any atom is -0.444 e. The highest BCUT2D eigenvalue weighted by atomic mass is 35.5. The number of carbonyl (C=O) groups is 1. The van der Waals surface area contributed by atoms with Crippen LogP contribution in [0.1, 0.15) is 29.0 Å². The number of nitrogens with one attached hydrogen (secondary N) is 1. The van der Waals surface area contributed by atoms with Crippen molar-refractivity contribution in [1.82, 2.24) is 0 Å². The molecule has 1 heterocycles. The van der Waals surface area contributed by atoms with Crippen LogP contribution in [0.25, 0.3) is 0 Å². The molecule has 0 saturated carbocycles. The van der Waals surface area contributed by atoms with Gasteiger partial charge in [-0.25, -0.2) is 0 Å². The van der Waals surface area contributed by atoms with Crippen molar-refractivity contribution >= 4 is 23.8 Å². The molecule has 0 aliphatic carbocycles. The van der Waals surface area contributed by atoms with Gasteiger partial charge in [-0.15, -0.1) is 0 Å². The number of anilines is 1. The summed E-state index contributed by atoms with van der Waals surface area (Å²) in [4.78, 5) is 10.7. The van der Waals surface area contributed by atoms with Crippen LogP contribution in [0, 0.1) is 11.3 Å². The molecule has 0 saturated heterocycles. The third-order valence-corrected chi connectivity index (χ3v) is 4.17. The van der Waals surface area contributed by atoms with E-state index in [1.807, 2.05) is 36.4 Å². The molecular formula is C17H13ClN2O2. The number of hydrogen-bond acceptors (Lipinski definition) is 4. The van der Waals surface area contributed by atoms with Crippen LogP contribution in [0.15, 0.2) is 42.5 Å². The van der Waals surface area contributed by atoms with Crippen LogP contribution in [0.3, 0.4) is 0 Å². The number of benzene rings is 2. The first-order chi connectivity index (χ1) is 10.7. The number of nitrogens with zero attached hydrogens (tertiary/aromatic N) is 1. The van der Waals surface area contributed by atoms with Crippen molar-refractivity contribution in [3.05, 3.63) is 64.2 Å². The molecule has 4 nitrogen and oxygen atoms in total. The van der Waals surface area contributed by atoms with Gasteiger partial charge in [-0.2, -0.15) is 5.26 Å². The van der Waals surface area contributed by atoms with Gasteiger partial charge in [0, 0.05) is 23.0 Å². The molecule has 0 radical (unpaired) electrons. The topological polar surface area (TPSA) is 62.1 Å². The van der Waals surface area contributed by atoms with Gasteiger partial charge in [-0.05, 0) is 35.4 Å². The lowest BCUT2D eigenvalue weighted by Crippen LogP contribution is -2.31. The minimum absolute atomic E-state index is 0.0387. The van der Waals surface area contributed by atoms with Gasteiger partial charge in [0.15, 0.2) is 6.23 Å². The van der Waals surface area contributed by atoms with Gasteiger partial charge < -0.3 is 10.1 Å². The van der Waals surface area contributed by atoms with Crippen molar-refractivity contribution in [2.24, 2.45) is 0 Å². The maximum absolute atomic E-state index is 10.7. The Morgan fingerprint density at radius 1 is 1.27 bits per heavy atom. The summed E-state index contributed by atoms with van der Waals surface area (Å²) in [7, 11) is 0. The fourth-order valence-corrected chi connectivity index (χ4v) is 3.10. The summed E-state index contributed by atoms with van der Waals surface area (Å²) >= 11 is 6.33. The second-order valence-electron chi connectivity index (χ2n) is 5.09. The second kappa shape index (κ2) is 6.08. The van der Waals surface area contributed by atoms with E-state index in [-0.39, 0.29) is 5.92 Å². The van der Waals surface area contributed by atoms with Crippen LogP contribution < -0.4 is 5.32 Å². The quantitative estimate of drug-likeness (QED) is 0.879. The minimum atomic E-state index is -0.417. The molecule has 5 heteroatoms. The summed E-state index contributed by atoms with van der Waals surface area (Å²) in [5.41, 5.74) is 3.38. The number of hydrogen-bond donors (Lipinski definition) is 1. The molecule has 1 aliphatic heterocycles. The van der Waals surface area contributed by atoms with Crippen molar-refractivity contribution in [3.63, 3.8) is 0 Å². The zero-order chi connectivity index (χ0) is 15.5. The Kier molecular flexibility index (Phi) is 3.99. The second-order valence-corrected chi connectivity index (χ2v) is 5.50. The number of nitriles is 1. The van der Waals surface area contributed by atoms with Crippen LogP contribution in [-0.4, -0.2) is 12.7 Å². The van der Waals surface area contributed by atoms with Crippen LogP contribution in [-0.2, 0) is 9.53 Å². The standard InChI is InChI=1S/C17H13ClN2O2/c18-15-4-2-1-3-12(15)13-8-17(22-10-21)20-16-6-5-11(9-19)7-14(13)16/h1-7,10,13,17,20H,8H2. The van der Waals surface area contributed by atoms with Gasteiger partial charge in [0.05, 0.1) is 11.6 Å². The molecule has 1 aliphatic rings. The molecule has 110 valence electrons. The van der Waals surface area contributed by atoms with Crippen molar-refractivity contribution in [2.45, 2.75) is 18.6 Å². The average Bonchev–Trinajstić information content (AvgIpc) is 2.54. The molecule has 1 N–H and O–H groups in total. The fourth-order valence-electron chi connectivity index (χ4n) is 2.83. The predicted octanol–water partition coefficient (Wildman–Crippen LogP) is 3.66. The van der Waals surface area contributed by atoms with E-state index in [1.54, 1.807) is 6.07 Å². The van der Waals surface area contributed by atoms with Gasteiger partial charge in [-0.1, -0.05) is 29.8 Å². The SMILES string of the molecule is N#Cc1ccc2c(c1)C(c1ccccc1Cl)CC(OC=O)N2. The zero-order valence-corrected chi connectivity index (χ0v) is 12.4. The average molecular weight is 313 g/mol. The van der Waals surface area contributed by atoms with Gasteiger partial charge in [0.2, 0.25) is 0 Å². The van der Waals surface area contributed by atoms with Gasteiger partial charge in [0.25, 0.3) is 6.47 Å².